The Labute approximate surface area is 155 Å². The van der Waals surface area contributed by atoms with Gasteiger partial charge in [-0.05, 0) is 18.4 Å². The summed E-state index contributed by atoms with van der Waals surface area (Å²) in [5, 5.41) is 9.94. The van der Waals surface area contributed by atoms with Crippen LogP contribution in [0.4, 0.5) is 0 Å². The summed E-state index contributed by atoms with van der Waals surface area (Å²) in [4.78, 5) is 25.3. The molecule has 0 aromatic heterocycles. The molecule has 1 saturated heterocycles. The monoisotopic (exact) mass is 399 g/mol. The fourth-order valence-corrected chi connectivity index (χ4v) is 3.04. The molecule has 2 rings (SSSR count). The average molecular weight is 401 g/mol. The molecule has 1 fully saturated rings. The Bertz CT molecular complexity index is 506. The van der Waals surface area contributed by atoms with Gasteiger partial charge in [-0.15, -0.1) is 0 Å². The standard InChI is InChI=1S/C15H20Cl3NO5/c16-15(17,18)9-24-13(22)3-1-2-12(21)23-8-10-4-6-19-7-5-11(20)14(10)19/h4,11,14,20H,1-3,5-9H2/t11-,14-/m1/s1. The first-order valence-corrected chi connectivity index (χ1v) is 8.88. The third-order valence-corrected chi connectivity index (χ3v) is 4.32. The van der Waals surface area contributed by atoms with Crippen LogP contribution in [0.3, 0.4) is 0 Å². The number of hydrogen-bond donors (Lipinski definition) is 1. The minimum Gasteiger partial charge on any atom is -0.461 e. The van der Waals surface area contributed by atoms with Crippen molar-refractivity contribution in [2.75, 3.05) is 26.3 Å². The first-order valence-electron chi connectivity index (χ1n) is 7.75. The summed E-state index contributed by atoms with van der Waals surface area (Å²) in [6.07, 6.45) is 2.79. The molecule has 0 radical (unpaired) electrons. The second-order valence-corrected chi connectivity index (χ2v) is 8.38. The smallest absolute Gasteiger partial charge is 0.306 e. The third-order valence-electron chi connectivity index (χ3n) is 4.00. The first-order chi connectivity index (χ1) is 11.3. The number of hydrogen-bond acceptors (Lipinski definition) is 6. The fraction of sp³-hybridized carbons (Fsp3) is 0.733. The van der Waals surface area contributed by atoms with Crippen LogP contribution < -0.4 is 0 Å². The molecule has 2 atom stereocenters. The van der Waals surface area contributed by atoms with E-state index in [1.165, 1.54) is 0 Å². The number of ether oxygens (including phenoxy) is 2. The number of halogens is 3. The van der Waals surface area contributed by atoms with Crippen molar-refractivity contribution in [3.8, 4) is 0 Å². The lowest BCUT2D eigenvalue weighted by atomic mass is 10.1. The zero-order valence-corrected chi connectivity index (χ0v) is 15.3. The number of carbonyl (C=O) groups is 2. The summed E-state index contributed by atoms with van der Waals surface area (Å²) in [5.74, 6) is -0.923. The van der Waals surface area contributed by atoms with Gasteiger partial charge in [0, 0.05) is 25.9 Å². The van der Waals surface area contributed by atoms with Crippen molar-refractivity contribution in [2.45, 2.75) is 41.6 Å². The van der Waals surface area contributed by atoms with E-state index in [0.717, 1.165) is 25.1 Å². The topological polar surface area (TPSA) is 76.1 Å². The van der Waals surface area contributed by atoms with Gasteiger partial charge < -0.3 is 14.6 Å². The van der Waals surface area contributed by atoms with E-state index in [2.05, 4.69) is 4.90 Å². The predicted octanol–water partition coefficient (Wildman–Crippen LogP) is 1.99. The quantitative estimate of drug-likeness (QED) is 0.400. The minimum absolute atomic E-state index is 0.0327. The Kier molecular flexibility index (Phi) is 7.19. The molecule has 6 nitrogen and oxygen atoms in total. The van der Waals surface area contributed by atoms with Gasteiger partial charge in [-0.2, -0.15) is 0 Å². The van der Waals surface area contributed by atoms with Gasteiger partial charge in [0.05, 0.1) is 12.1 Å². The van der Waals surface area contributed by atoms with E-state index >= 15 is 0 Å². The summed E-state index contributed by atoms with van der Waals surface area (Å²) < 4.78 is 8.34. The van der Waals surface area contributed by atoms with Crippen LogP contribution in [0.2, 0.25) is 0 Å². The fourth-order valence-electron chi connectivity index (χ4n) is 2.87. The highest BCUT2D eigenvalue weighted by Crippen LogP contribution is 2.29. The highest BCUT2D eigenvalue weighted by atomic mass is 35.6. The van der Waals surface area contributed by atoms with E-state index < -0.39 is 21.8 Å². The lowest BCUT2D eigenvalue weighted by Gasteiger charge is -2.20. The second kappa shape index (κ2) is 8.72. The Balaban J connectivity index is 1.60. The average Bonchev–Trinajstić information content (AvgIpc) is 3.06. The number of rotatable bonds is 7. The summed E-state index contributed by atoms with van der Waals surface area (Å²) in [7, 11) is 0. The van der Waals surface area contributed by atoms with Crippen LogP contribution in [0.25, 0.3) is 0 Å². The summed E-state index contributed by atoms with van der Waals surface area (Å²) >= 11 is 16.4. The highest BCUT2D eigenvalue weighted by molar-refractivity contribution is 6.67. The number of aliphatic hydroxyl groups is 1. The van der Waals surface area contributed by atoms with Gasteiger partial charge in [0.1, 0.15) is 13.2 Å². The molecule has 24 heavy (non-hydrogen) atoms. The second-order valence-electron chi connectivity index (χ2n) is 5.86. The van der Waals surface area contributed by atoms with Gasteiger partial charge in [0.2, 0.25) is 3.79 Å². The molecule has 0 aliphatic carbocycles. The van der Waals surface area contributed by atoms with Crippen molar-refractivity contribution >= 4 is 46.7 Å². The van der Waals surface area contributed by atoms with Crippen LogP contribution in [0.5, 0.6) is 0 Å². The third kappa shape index (κ3) is 6.08. The van der Waals surface area contributed by atoms with Crippen molar-refractivity contribution in [3.05, 3.63) is 11.6 Å². The van der Waals surface area contributed by atoms with Crippen LogP contribution in [-0.2, 0) is 19.1 Å². The molecule has 2 aliphatic heterocycles. The van der Waals surface area contributed by atoms with Gasteiger partial charge in [0.25, 0.3) is 0 Å². The Morgan fingerprint density at radius 3 is 2.58 bits per heavy atom. The lowest BCUT2D eigenvalue weighted by Crippen LogP contribution is -2.33. The van der Waals surface area contributed by atoms with Crippen LogP contribution in [0.15, 0.2) is 11.6 Å². The number of fused-ring (bicyclic) bond motifs is 1. The maximum absolute atomic E-state index is 11.7. The van der Waals surface area contributed by atoms with Gasteiger partial charge in [0.15, 0.2) is 0 Å². The number of carbonyl (C=O) groups excluding carboxylic acids is 2. The van der Waals surface area contributed by atoms with Gasteiger partial charge in [-0.25, -0.2) is 0 Å². The van der Waals surface area contributed by atoms with Crippen LogP contribution in [0.1, 0.15) is 25.7 Å². The first kappa shape index (κ1) is 19.8. The van der Waals surface area contributed by atoms with E-state index in [0.29, 0.717) is 6.42 Å². The normalized spacial score (nSPS) is 23.8. The molecule has 9 heteroatoms. The highest BCUT2D eigenvalue weighted by Gasteiger charge is 2.38. The molecule has 1 N–H and O–H groups in total. The van der Waals surface area contributed by atoms with Crippen LogP contribution in [-0.4, -0.2) is 64.2 Å². The molecule has 0 spiro atoms. The number of alkyl halides is 3. The van der Waals surface area contributed by atoms with Gasteiger partial charge in [-0.1, -0.05) is 40.9 Å². The summed E-state index contributed by atoms with van der Waals surface area (Å²) in [6, 6.07) is -0.0327. The van der Waals surface area contributed by atoms with Gasteiger partial charge in [-0.3, -0.25) is 14.5 Å². The number of aliphatic hydroxyl groups excluding tert-OH is 1. The molecule has 0 bridgehead atoms. The van der Waals surface area contributed by atoms with E-state index in [1.807, 2.05) is 6.08 Å². The van der Waals surface area contributed by atoms with Crippen molar-refractivity contribution in [2.24, 2.45) is 0 Å². The molecule has 2 aliphatic rings. The van der Waals surface area contributed by atoms with Crippen molar-refractivity contribution in [1.29, 1.82) is 0 Å². The molecule has 0 aromatic rings. The molecule has 2 heterocycles. The van der Waals surface area contributed by atoms with Crippen molar-refractivity contribution < 1.29 is 24.2 Å². The minimum atomic E-state index is -1.64. The largest absolute Gasteiger partial charge is 0.461 e. The molecule has 0 aromatic carbocycles. The number of esters is 2. The summed E-state index contributed by atoms with van der Waals surface area (Å²) in [6.45, 7) is 1.49. The maximum Gasteiger partial charge on any atom is 0.306 e. The van der Waals surface area contributed by atoms with E-state index in [4.69, 9.17) is 44.3 Å². The lowest BCUT2D eigenvalue weighted by molar-refractivity contribution is -0.145. The predicted molar refractivity (Wildman–Crippen MR) is 90.1 cm³/mol. The molecular weight excluding hydrogens is 381 g/mol. The van der Waals surface area contributed by atoms with E-state index in [-0.39, 0.29) is 32.1 Å². The Morgan fingerprint density at radius 2 is 1.92 bits per heavy atom. The summed E-state index contributed by atoms with van der Waals surface area (Å²) in [5.41, 5.74) is 0.940. The van der Waals surface area contributed by atoms with Crippen molar-refractivity contribution in [1.82, 2.24) is 4.90 Å². The van der Waals surface area contributed by atoms with Gasteiger partial charge >= 0.3 is 11.9 Å². The zero-order valence-electron chi connectivity index (χ0n) is 13.1. The van der Waals surface area contributed by atoms with Crippen LogP contribution >= 0.6 is 34.8 Å². The molecule has 0 saturated carbocycles. The van der Waals surface area contributed by atoms with Crippen LogP contribution in [0, 0.1) is 0 Å². The molecule has 0 unspecified atom stereocenters. The SMILES string of the molecule is O=C(CCCC(=O)OCC(Cl)(Cl)Cl)OCC1=CCN2CC[C@@H](O)[C@@H]12. The van der Waals surface area contributed by atoms with Crippen molar-refractivity contribution in [3.63, 3.8) is 0 Å². The van der Waals surface area contributed by atoms with E-state index in [9.17, 15) is 14.7 Å². The Hall–Kier alpha value is -0.530. The zero-order chi connectivity index (χ0) is 17.7. The van der Waals surface area contributed by atoms with E-state index in [1.54, 1.807) is 0 Å². The molecular formula is C15H20Cl3NO5. The maximum atomic E-state index is 11.7. The molecule has 0 amide bonds. The Morgan fingerprint density at radius 1 is 1.25 bits per heavy atom. The molecule has 136 valence electrons. The number of nitrogens with zero attached hydrogens (tertiary/aromatic N) is 1.